The number of carboxylic acids is 4. The van der Waals surface area contributed by atoms with Crippen LogP contribution in [0.3, 0.4) is 0 Å². The summed E-state index contributed by atoms with van der Waals surface area (Å²) in [6.45, 7) is 3.16. The third kappa shape index (κ3) is 44.9. The number of carboxylic acid groups (broad SMARTS) is 4. The monoisotopic (exact) mass is 954 g/mol. The van der Waals surface area contributed by atoms with Gasteiger partial charge in [-0.05, 0) is 12.8 Å². The zero-order chi connectivity index (χ0) is 49.6. The fourth-order valence-corrected chi connectivity index (χ4v) is 8.64. The first-order chi connectivity index (χ1) is 32.4. The number of nitrogens with zero attached hydrogens (tertiary/aromatic N) is 4. The van der Waals surface area contributed by atoms with Gasteiger partial charge in [0.1, 0.15) is 0 Å². The van der Waals surface area contributed by atoms with E-state index in [4.69, 9.17) is 10.2 Å². The van der Waals surface area contributed by atoms with Gasteiger partial charge in [-0.15, -0.1) is 0 Å². The van der Waals surface area contributed by atoms with Crippen LogP contribution < -0.4 is 5.32 Å². The van der Waals surface area contributed by atoms with Crippen molar-refractivity contribution in [2.24, 2.45) is 0 Å². The van der Waals surface area contributed by atoms with Gasteiger partial charge in [0.2, 0.25) is 11.8 Å². The fraction of sp³-hybridized carbons (Fsp3) is 0.885. The van der Waals surface area contributed by atoms with Gasteiger partial charge in [-0.2, -0.15) is 0 Å². The van der Waals surface area contributed by atoms with E-state index in [0.29, 0.717) is 13.1 Å². The van der Waals surface area contributed by atoms with Crippen LogP contribution >= 0.6 is 0 Å². The predicted molar refractivity (Wildman–Crippen MR) is 269 cm³/mol. The lowest BCUT2D eigenvalue weighted by atomic mass is 10.0. The van der Waals surface area contributed by atoms with E-state index in [-0.39, 0.29) is 45.2 Å². The molecule has 15 heteroatoms. The summed E-state index contributed by atoms with van der Waals surface area (Å²) in [7, 11) is 0. The quantitative estimate of drug-likeness (QED) is 0.0360. The molecule has 0 aliphatic rings. The minimum Gasteiger partial charge on any atom is -0.480 e. The second-order valence-electron chi connectivity index (χ2n) is 19.0. The highest BCUT2D eigenvalue weighted by Gasteiger charge is 2.21. The molecule has 0 rings (SSSR count). The third-order valence-electron chi connectivity index (χ3n) is 12.6. The summed E-state index contributed by atoms with van der Waals surface area (Å²) >= 11 is 0. The molecule has 0 saturated carbocycles. The molecule has 15 nitrogen and oxygen atoms in total. The van der Waals surface area contributed by atoms with Crippen molar-refractivity contribution >= 4 is 35.7 Å². The van der Waals surface area contributed by atoms with Crippen molar-refractivity contribution in [3.63, 3.8) is 0 Å². The Bertz CT molecular complexity index is 1210. The number of rotatable bonds is 52. The molecule has 67 heavy (non-hydrogen) atoms. The minimum atomic E-state index is -1.23. The highest BCUT2D eigenvalue weighted by atomic mass is 16.4. The molecule has 0 unspecified atom stereocenters. The molecule has 5 N–H and O–H groups in total. The van der Waals surface area contributed by atoms with E-state index in [1.807, 2.05) is 4.90 Å². The number of carbonyl (C=O) groups is 6. The summed E-state index contributed by atoms with van der Waals surface area (Å²) in [5.41, 5.74) is 0. The molecular weight excluding hydrogens is 855 g/mol. The zero-order valence-electron chi connectivity index (χ0n) is 42.6. The Morgan fingerprint density at radius 1 is 0.313 bits per heavy atom. The van der Waals surface area contributed by atoms with Crippen LogP contribution in [-0.2, 0) is 28.8 Å². The molecule has 0 heterocycles. The molecule has 0 bridgehead atoms. The molecule has 0 fully saturated rings. The van der Waals surface area contributed by atoms with Gasteiger partial charge in [-0.1, -0.05) is 206 Å². The van der Waals surface area contributed by atoms with Crippen molar-refractivity contribution in [2.75, 3.05) is 78.5 Å². The first-order valence-corrected chi connectivity index (χ1v) is 27.0. The van der Waals surface area contributed by atoms with Gasteiger partial charge in [0.25, 0.3) is 0 Å². The second kappa shape index (κ2) is 46.4. The largest absolute Gasteiger partial charge is 0.480 e. The maximum Gasteiger partial charge on any atom is 0.317 e. The SMILES string of the molecule is CCCCCCCCCCCCCCCCCCN(CCCCCCCCCCCCCCCCCC)C(=O)CNC(=O)CN(CCN(CCN(CC(=O)O)CC(=O)O)CC(=O)O)CC(=O)O. The van der Waals surface area contributed by atoms with E-state index in [1.165, 1.54) is 177 Å². The molecule has 0 saturated heterocycles. The molecule has 2 amide bonds. The first kappa shape index (κ1) is 63.7. The van der Waals surface area contributed by atoms with E-state index in [1.54, 1.807) is 0 Å². The highest BCUT2D eigenvalue weighted by molar-refractivity contribution is 5.86. The third-order valence-corrected chi connectivity index (χ3v) is 12.6. The Hall–Kier alpha value is -3.30. The number of nitrogens with one attached hydrogen (secondary N) is 1. The molecule has 0 aromatic rings. The van der Waals surface area contributed by atoms with Crippen LogP contribution in [0, 0.1) is 0 Å². The minimum absolute atomic E-state index is 0.00308. The standard InChI is InChI=1S/C52H99N5O10/c1-3-5-7-9-11-13-15-17-19-21-23-25-27-29-31-33-35-57(36-34-32-30-28-26-24-22-20-18-16-14-12-10-8-6-4-2)48(59)41-53-47(58)42-55(44-50(62)63)39-37-54(43-49(60)61)38-40-56(45-51(64)65)46-52(66)67/h3-46H2,1-2H3,(H,53,58)(H,60,61)(H,62,63)(H,64,65)(H,66,67). The Balaban J connectivity index is 4.98. The summed E-state index contributed by atoms with van der Waals surface area (Å²) in [6.07, 6.45) is 40.7. The lowest BCUT2D eigenvalue weighted by Crippen LogP contribution is -2.47. The molecule has 0 aliphatic heterocycles. The smallest absolute Gasteiger partial charge is 0.317 e. The number of unbranched alkanes of at least 4 members (excludes halogenated alkanes) is 30. The van der Waals surface area contributed by atoms with Gasteiger partial charge >= 0.3 is 23.9 Å². The zero-order valence-corrected chi connectivity index (χ0v) is 42.6. The molecule has 0 radical (unpaired) electrons. The topological polar surface area (TPSA) is 208 Å². The van der Waals surface area contributed by atoms with Gasteiger partial charge in [0, 0.05) is 39.3 Å². The van der Waals surface area contributed by atoms with Crippen LogP contribution in [0.1, 0.15) is 219 Å². The normalized spacial score (nSPS) is 11.5. The van der Waals surface area contributed by atoms with Crippen molar-refractivity contribution in [1.29, 1.82) is 0 Å². The van der Waals surface area contributed by atoms with Gasteiger partial charge in [0.05, 0.1) is 39.3 Å². The second-order valence-corrected chi connectivity index (χ2v) is 19.0. The van der Waals surface area contributed by atoms with Crippen LogP contribution in [-0.4, -0.2) is 154 Å². The number of hydrogen-bond donors (Lipinski definition) is 5. The predicted octanol–water partition coefficient (Wildman–Crippen LogP) is 9.70. The number of carbonyl (C=O) groups excluding carboxylic acids is 2. The van der Waals surface area contributed by atoms with Crippen molar-refractivity contribution in [3.05, 3.63) is 0 Å². The van der Waals surface area contributed by atoms with Crippen molar-refractivity contribution in [2.45, 2.75) is 219 Å². The Morgan fingerprint density at radius 2 is 0.552 bits per heavy atom. The highest BCUT2D eigenvalue weighted by Crippen LogP contribution is 2.16. The van der Waals surface area contributed by atoms with Gasteiger partial charge in [-0.3, -0.25) is 43.5 Å². The van der Waals surface area contributed by atoms with Crippen LogP contribution in [0.2, 0.25) is 0 Å². The average molecular weight is 954 g/mol. The molecule has 0 aliphatic carbocycles. The van der Waals surface area contributed by atoms with Gasteiger partial charge in [0.15, 0.2) is 0 Å². The first-order valence-electron chi connectivity index (χ1n) is 27.0. The van der Waals surface area contributed by atoms with Crippen LogP contribution in [0.25, 0.3) is 0 Å². The molecule has 0 spiro atoms. The van der Waals surface area contributed by atoms with Crippen molar-refractivity contribution in [1.82, 2.24) is 24.9 Å². The molecule has 0 aromatic carbocycles. The summed E-state index contributed by atoms with van der Waals surface area (Å²) in [5, 5.41) is 40.0. The molecule has 392 valence electrons. The lowest BCUT2D eigenvalue weighted by Gasteiger charge is -2.27. The number of aliphatic carboxylic acids is 4. The number of hydrogen-bond acceptors (Lipinski definition) is 9. The van der Waals surface area contributed by atoms with E-state index in [2.05, 4.69) is 19.2 Å². The van der Waals surface area contributed by atoms with Gasteiger partial charge < -0.3 is 30.6 Å². The average Bonchev–Trinajstić information content (AvgIpc) is 3.27. The Labute approximate surface area is 406 Å². The van der Waals surface area contributed by atoms with Crippen LogP contribution in [0.15, 0.2) is 0 Å². The van der Waals surface area contributed by atoms with E-state index >= 15 is 0 Å². The van der Waals surface area contributed by atoms with E-state index in [9.17, 15) is 39.0 Å². The van der Waals surface area contributed by atoms with Crippen molar-refractivity contribution in [3.8, 4) is 0 Å². The summed E-state index contributed by atoms with van der Waals surface area (Å²) in [5.74, 6) is -5.52. The maximum atomic E-state index is 13.5. The van der Waals surface area contributed by atoms with Crippen molar-refractivity contribution < 1.29 is 49.2 Å². The van der Waals surface area contributed by atoms with E-state index < -0.39 is 56.0 Å². The summed E-state index contributed by atoms with van der Waals surface area (Å²) in [6, 6.07) is 0. The number of amides is 2. The van der Waals surface area contributed by atoms with Gasteiger partial charge in [-0.25, -0.2) is 0 Å². The maximum absolute atomic E-state index is 13.5. The summed E-state index contributed by atoms with van der Waals surface area (Å²) < 4.78 is 0. The molecular formula is C52H99N5O10. The Kier molecular flexibility index (Phi) is 44.1. The molecule has 0 atom stereocenters. The Morgan fingerprint density at radius 3 is 0.836 bits per heavy atom. The lowest BCUT2D eigenvalue weighted by molar-refractivity contribution is -0.143. The van der Waals surface area contributed by atoms with Crippen LogP contribution in [0.5, 0.6) is 0 Å². The summed E-state index contributed by atoms with van der Waals surface area (Å²) in [4.78, 5) is 78.1. The van der Waals surface area contributed by atoms with E-state index in [0.717, 1.165) is 43.4 Å². The van der Waals surface area contributed by atoms with Crippen LogP contribution in [0.4, 0.5) is 0 Å². The molecule has 0 aromatic heterocycles. The fourth-order valence-electron chi connectivity index (χ4n) is 8.64.